The van der Waals surface area contributed by atoms with Crippen LogP contribution in [0.2, 0.25) is 0 Å². The van der Waals surface area contributed by atoms with Crippen molar-refractivity contribution in [1.82, 2.24) is 0 Å². The Labute approximate surface area is 166 Å². The third-order valence-corrected chi connectivity index (χ3v) is 4.46. The molecule has 0 aromatic heterocycles. The van der Waals surface area contributed by atoms with Crippen molar-refractivity contribution >= 4 is 11.7 Å². The van der Waals surface area contributed by atoms with Crippen LogP contribution in [0.15, 0.2) is 96.0 Å². The van der Waals surface area contributed by atoms with Crippen molar-refractivity contribution in [1.29, 1.82) is 0 Å². The van der Waals surface area contributed by atoms with Gasteiger partial charge in [0, 0.05) is 11.1 Å². The third-order valence-electron chi connectivity index (χ3n) is 4.46. The summed E-state index contributed by atoms with van der Waals surface area (Å²) in [6.45, 7) is 4.24. The zero-order chi connectivity index (χ0) is 19.8. The zero-order valence-electron chi connectivity index (χ0n) is 16.3. The van der Waals surface area contributed by atoms with Gasteiger partial charge in [-0.1, -0.05) is 105 Å². The molecular weight excluding hydrogens is 346 g/mol. The fourth-order valence-electron chi connectivity index (χ4n) is 2.93. The number of carbonyl (C=O) groups is 1. The van der Waals surface area contributed by atoms with E-state index < -0.39 is 6.04 Å². The molecule has 0 amide bonds. The fraction of sp³-hybridized carbons (Fsp3) is 0.200. The van der Waals surface area contributed by atoms with E-state index in [1.165, 1.54) is 0 Å². The monoisotopic (exact) mass is 371 g/mol. The van der Waals surface area contributed by atoms with Crippen LogP contribution in [0.1, 0.15) is 30.5 Å². The number of ether oxygens (including phenoxy) is 1. The molecule has 0 aliphatic carbocycles. The normalized spacial score (nSPS) is 11.7. The number of hydrogen-bond donors (Lipinski definition) is 0. The maximum absolute atomic E-state index is 12.8. The average molecular weight is 371 g/mol. The summed E-state index contributed by atoms with van der Waals surface area (Å²) in [7, 11) is 0. The summed E-state index contributed by atoms with van der Waals surface area (Å²) in [5, 5.41) is 0. The lowest BCUT2D eigenvalue weighted by atomic mass is 10.00. The molecule has 0 aliphatic heterocycles. The number of rotatable bonds is 7. The molecular formula is C25H25NO2. The molecule has 0 saturated heterocycles. The summed E-state index contributed by atoms with van der Waals surface area (Å²) in [6, 6.07) is 29.0. The highest BCUT2D eigenvalue weighted by atomic mass is 16.5. The van der Waals surface area contributed by atoms with Gasteiger partial charge in [-0.05, 0) is 11.5 Å². The summed E-state index contributed by atoms with van der Waals surface area (Å²) >= 11 is 0. The molecule has 0 spiro atoms. The SMILES string of the molecule is CC(C)C(N=C(c1ccccc1)c1ccccc1)C(=O)OCc1ccccc1. The minimum atomic E-state index is -0.570. The lowest BCUT2D eigenvalue weighted by Gasteiger charge is -2.18. The quantitative estimate of drug-likeness (QED) is 0.418. The van der Waals surface area contributed by atoms with Gasteiger partial charge in [-0.2, -0.15) is 0 Å². The summed E-state index contributed by atoms with van der Waals surface area (Å²) in [5.74, 6) is -0.283. The van der Waals surface area contributed by atoms with Crippen molar-refractivity contribution in [2.75, 3.05) is 0 Å². The fourth-order valence-corrected chi connectivity index (χ4v) is 2.93. The highest BCUT2D eigenvalue weighted by Gasteiger charge is 2.24. The Morgan fingerprint density at radius 2 is 1.25 bits per heavy atom. The van der Waals surface area contributed by atoms with Crippen LogP contribution in [-0.2, 0) is 16.1 Å². The molecule has 0 saturated carbocycles. The van der Waals surface area contributed by atoms with Gasteiger partial charge in [0.25, 0.3) is 0 Å². The molecule has 3 heteroatoms. The van der Waals surface area contributed by atoms with Crippen molar-refractivity contribution in [3.05, 3.63) is 108 Å². The van der Waals surface area contributed by atoms with E-state index in [2.05, 4.69) is 0 Å². The van der Waals surface area contributed by atoms with Crippen LogP contribution in [0.3, 0.4) is 0 Å². The minimum absolute atomic E-state index is 0.0192. The van der Waals surface area contributed by atoms with E-state index in [4.69, 9.17) is 9.73 Å². The first-order valence-electron chi connectivity index (χ1n) is 9.54. The molecule has 142 valence electrons. The first-order chi connectivity index (χ1) is 13.6. The Morgan fingerprint density at radius 3 is 1.71 bits per heavy atom. The first kappa shape index (κ1) is 19.6. The van der Waals surface area contributed by atoms with Gasteiger partial charge in [-0.3, -0.25) is 4.99 Å². The van der Waals surface area contributed by atoms with Gasteiger partial charge in [0.05, 0.1) is 5.71 Å². The second-order valence-electron chi connectivity index (χ2n) is 6.99. The Kier molecular flexibility index (Phi) is 6.74. The zero-order valence-corrected chi connectivity index (χ0v) is 16.3. The number of hydrogen-bond acceptors (Lipinski definition) is 3. The molecule has 0 radical (unpaired) electrons. The molecule has 0 fully saturated rings. The second-order valence-corrected chi connectivity index (χ2v) is 6.99. The Bertz CT molecular complexity index is 862. The van der Waals surface area contributed by atoms with Crippen LogP contribution in [0.4, 0.5) is 0 Å². The van der Waals surface area contributed by atoms with Crippen molar-refractivity contribution < 1.29 is 9.53 Å². The Morgan fingerprint density at radius 1 is 0.786 bits per heavy atom. The average Bonchev–Trinajstić information content (AvgIpc) is 2.74. The largest absolute Gasteiger partial charge is 0.459 e. The maximum Gasteiger partial charge on any atom is 0.331 e. The second kappa shape index (κ2) is 9.65. The van der Waals surface area contributed by atoms with E-state index in [-0.39, 0.29) is 18.5 Å². The Balaban J connectivity index is 1.89. The highest BCUT2D eigenvalue weighted by molar-refractivity contribution is 6.13. The molecule has 3 aromatic carbocycles. The summed E-state index contributed by atoms with van der Waals surface area (Å²) in [6.07, 6.45) is 0. The standard InChI is InChI=1S/C25H25NO2/c1-19(2)23(25(27)28-18-20-12-6-3-7-13-20)26-24(21-14-8-4-9-15-21)22-16-10-5-11-17-22/h3-17,19,23H,18H2,1-2H3. The molecule has 28 heavy (non-hydrogen) atoms. The predicted octanol–water partition coefficient (Wildman–Crippen LogP) is 5.29. The van der Waals surface area contributed by atoms with E-state index in [0.717, 1.165) is 22.4 Å². The summed E-state index contributed by atoms with van der Waals surface area (Å²) < 4.78 is 5.58. The molecule has 0 heterocycles. The molecule has 3 rings (SSSR count). The van der Waals surface area contributed by atoms with Gasteiger partial charge in [0.15, 0.2) is 6.04 Å². The Hall–Kier alpha value is -3.20. The van der Waals surface area contributed by atoms with Crippen LogP contribution in [0.25, 0.3) is 0 Å². The maximum atomic E-state index is 12.8. The number of benzene rings is 3. The first-order valence-corrected chi connectivity index (χ1v) is 9.54. The van der Waals surface area contributed by atoms with Crippen molar-refractivity contribution in [3.8, 4) is 0 Å². The minimum Gasteiger partial charge on any atom is -0.459 e. The lowest BCUT2D eigenvalue weighted by molar-refractivity contribution is -0.147. The van der Waals surface area contributed by atoms with E-state index in [9.17, 15) is 4.79 Å². The van der Waals surface area contributed by atoms with Crippen molar-refractivity contribution in [2.24, 2.45) is 10.9 Å². The number of nitrogens with zero attached hydrogens (tertiary/aromatic N) is 1. The van der Waals surface area contributed by atoms with E-state index in [1.807, 2.05) is 105 Å². The van der Waals surface area contributed by atoms with Gasteiger partial charge >= 0.3 is 5.97 Å². The van der Waals surface area contributed by atoms with Gasteiger partial charge in [0.1, 0.15) is 6.61 Å². The number of aliphatic imine (C=N–C) groups is 1. The third kappa shape index (κ3) is 5.17. The van der Waals surface area contributed by atoms with Crippen LogP contribution in [0, 0.1) is 5.92 Å². The van der Waals surface area contributed by atoms with Gasteiger partial charge < -0.3 is 4.74 Å². The smallest absolute Gasteiger partial charge is 0.331 e. The van der Waals surface area contributed by atoms with E-state index >= 15 is 0 Å². The summed E-state index contributed by atoms with van der Waals surface area (Å²) in [4.78, 5) is 17.7. The predicted molar refractivity (Wildman–Crippen MR) is 113 cm³/mol. The number of carbonyl (C=O) groups excluding carboxylic acids is 1. The molecule has 0 bridgehead atoms. The van der Waals surface area contributed by atoms with Crippen molar-refractivity contribution in [2.45, 2.75) is 26.5 Å². The molecule has 3 aromatic rings. The number of esters is 1. The van der Waals surface area contributed by atoms with E-state index in [0.29, 0.717) is 0 Å². The van der Waals surface area contributed by atoms with Crippen LogP contribution < -0.4 is 0 Å². The van der Waals surface area contributed by atoms with Gasteiger partial charge in [-0.15, -0.1) is 0 Å². The van der Waals surface area contributed by atoms with Crippen LogP contribution in [0.5, 0.6) is 0 Å². The molecule has 1 atom stereocenters. The van der Waals surface area contributed by atoms with Gasteiger partial charge in [0.2, 0.25) is 0 Å². The van der Waals surface area contributed by atoms with Crippen LogP contribution in [-0.4, -0.2) is 17.7 Å². The van der Waals surface area contributed by atoms with Crippen molar-refractivity contribution in [3.63, 3.8) is 0 Å². The summed E-state index contributed by atoms with van der Waals surface area (Å²) in [5.41, 5.74) is 3.73. The molecule has 0 aliphatic rings. The molecule has 3 nitrogen and oxygen atoms in total. The van der Waals surface area contributed by atoms with E-state index in [1.54, 1.807) is 0 Å². The van der Waals surface area contributed by atoms with Crippen LogP contribution >= 0.6 is 0 Å². The molecule has 1 unspecified atom stereocenters. The lowest BCUT2D eigenvalue weighted by Crippen LogP contribution is -2.28. The van der Waals surface area contributed by atoms with Gasteiger partial charge in [-0.25, -0.2) is 4.79 Å². The molecule has 0 N–H and O–H groups in total. The topological polar surface area (TPSA) is 38.7 Å². The highest BCUT2D eigenvalue weighted by Crippen LogP contribution is 2.17.